The van der Waals surface area contributed by atoms with Gasteiger partial charge in [0.25, 0.3) is 0 Å². The molecule has 0 amide bonds. The van der Waals surface area contributed by atoms with E-state index in [1.54, 1.807) is 6.20 Å². The Bertz CT molecular complexity index is 595. The molecule has 0 fully saturated rings. The van der Waals surface area contributed by atoms with E-state index >= 15 is 0 Å². The molecular formula is C15H17BrN2O2. The fraction of sp³-hybridized carbons (Fsp3) is 0.333. The maximum absolute atomic E-state index is 11.4. The van der Waals surface area contributed by atoms with Crippen molar-refractivity contribution in [3.63, 3.8) is 0 Å². The van der Waals surface area contributed by atoms with Crippen molar-refractivity contribution in [1.29, 1.82) is 0 Å². The molecule has 1 atom stereocenters. The zero-order valence-electron chi connectivity index (χ0n) is 11.3. The highest BCUT2D eigenvalue weighted by molar-refractivity contribution is 9.10. The Labute approximate surface area is 126 Å². The number of aryl methyl sites for hydroxylation is 1. The van der Waals surface area contributed by atoms with Crippen LogP contribution >= 0.6 is 15.9 Å². The summed E-state index contributed by atoms with van der Waals surface area (Å²) in [7, 11) is 0. The first kappa shape index (κ1) is 14.8. The minimum Gasteiger partial charge on any atom is -0.481 e. The van der Waals surface area contributed by atoms with E-state index in [0.717, 1.165) is 22.1 Å². The predicted molar refractivity (Wildman–Crippen MR) is 80.6 cm³/mol. The van der Waals surface area contributed by atoms with Gasteiger partial charge in [-0.2, -0.15) is 5.10 Å². The summed E-state index contributed by atoms with van der Waals surface area (Å²) in [5.41, 5.74) is 1.99. The van der Waals surface area contributed by atoms with E-state index < -0.39 is 11.9 Å². The highest BCUT2D eigenvalue weighted by Crippen LogP contribution is 2.18. The first-order chi connectivity index (χ1) is 9.58. The van der Waals surface area contributed by atoms with Gasteiger partial charge in [-0.1, -0.05) is 28.1 Å². The van der Waals surface area contributed by atoms with Gasteiger partial charge in [0, 0.05) is 17.2 Å². The second-order valence-corrected chi connectivity index (χ2v) is 5.69. The third-order valence-corrected chi connectivity index (χ3v) is 3.71. The summed E-state index contributed by atoms with van der Waals surface area (Å²) in [6.07, 6.45) is 4.69. The number of hydrogen-bond acceptors (Lipinski definition) is 2. The summed E-state index contributed by atoms with van der Waals surface area (Å²) in [5, 5.41) is 13.6. The molecule has 1 aromatic carbocycles. The normalized spacial score (nSPS) is 12.3. The quantitative estimate of drug-likeness (QED) is 0.881. The van der Waals surface area contributed by atoms with Crippen LogP contribution in [0.2, 0.25) is 0 Å². The molecule has 0 radical (unpaired) electrons. The number of benzene rings is 1. The molecule has 4 nitrogen and oxygen atoms in total. The van der Waals surface area contributed by atoms with Crippen molar-refractivity contribution < 1.29 is 9.90 Å². The lowest BCUT2D eigenvalue weighted by molar-refractivity contribution is -0.141. The van der Waals surface area contributed by atoms with E-state index in [-0.39, 0.29) is 0 Å². The Morgan fingerprint density at radius 3 is 2.75 bits per heavy atom. The molecule has 0 aliphatic carbocycles. The molecule has 1 unspecified atom stereocenters. The van der Waals surface area contributed by atoms with E-state index in [0.29, 0.717) is 12.8 Å². The van der Waals surface area contributed by atoms with E-state index in [2.05, 4.69) is 21.0 Å². The topological polar surface area (TPSA) is 55.1 Å². The van der Waals surface area contributed by atoms with E-state index in [9.17, 15) is 9.90 Å². The van der Waals surface area contributed by atoms with Gasteiger partial charge in [-0.25, -0.2) is 0 Å². The van der Waals surface area contributed by atoms with Gasteiger partial charge in [0.1, 0.15) is 0 Å². The molecule has 5 heteroatoms. The van der Waals surface area contributed by atoms with Crippen LogP contribution in [0.15, 0.2) is 41.1 Å². The maximum atomic E-state index is 11.4. The number of carbonyl (C=O) groups is 1. The van der Waals surface area contributed by atoms with Crippen molar-refractivity contribution in [2.75, 3.05) is 0 Å². The van der Waals surface area contributed by atoms with Crippen molar-refractivity contribution in [3.8, 4) is 0 Å². The van der Waals surface area contributed by atoms with Gasteiger partial charge in [-0.3, -0.25) is 9.48 Å². The summed E-state index contributed by atoms with van der Waals surface area (Å²) in [6.45, 7) is 2.80. The largest absolute Gasteiger partial charge is 0.481 e. The van der Waals surface area contributed by atoms with E-state index in [4.69, 9.17) is 0 Å². The Balaban J connectivity index is 2.09. The molecule has 0 aliphatic heterocycles. The molecule has 1 heterocycles. The molecule has 0 saturated carbocycles. The predicted octanol–water partition coefficient (Wildman–Crippen LogP) is 3.15. The first-order valence-corrected chi connectivity index (χ1v) is 7.36. The number of nitrogens with zero attached hydrogens (tertiary/aromatic N) is 2. The molecule has 0 saturated heterocycles. The van der Waals surface area contributed by atoms with Crippen LogP contribution in [0.3, 0.4) is 0 Å². The second-order valence-electron chi connectivity index (χ2n) is 4.78. The number of carboxylic acids is 1. The van der Waals surface area contributed by atoms with Crippen LogP contribution in [0.4, 0.5) is 0 Å². The second kappa shape index (κ2) is 6.70. The fourth-order valence-electron chi connectivity index (χ4n) is 2.16. The van der Waals surface area contributed by atoms with Gasteiger partial charge >= 0.3 is 5.97 Å². The smallest absolute Gasteiger partial charge is 0.307 e. The number of hydrogen-bond donors (Lipinski definition) is 1. The Morgan fingerprint density at radius 2 is 2.15 bits per heavy atom. The zero-order valence-corrected chi connectivity index (χ0v) is 12.9. The molecule has 20 heavy (non-hydrogen) atoms. The lowest BCUT2D eigenvalue weighted by Gasteiger charge is -2.11. The van der Waals surface area contributed by atoms with Gasteiger partial charge in [-0.05, 0) is 43.0 Å². The average Bonchev–Trinajstić information content (AvgIpc) is 2.85. The van der Waals surface area contributed by atoms with Crippen molar-refractivity contribution in [3.05, 3.63) is 52.3 Å². The lowest BCUT2D eigenvalue weighted by Crippen LogP contribution is -2.19. The third kappa shape index (κ3) is 3.93. The SMILES string of the molecule is CCn1cc(CC(Cc2cccc(Br)c2)C(=O)O)cn1. The molecule has 1 aromatic heterocycles. The number of carboxylic acid groups (broad SMARTS) is 1. The van der Waals surface area contributed by atoms with Crippen LogP contribution < -0.4 is 0 Å². The highest BCUT2D eigenvalue weighted by Gasteiger charge is 2.19. The molecule has 1 N–H and O–H groups in total. The molecule has 0 bridgehead atoms. The minimum absolute atomic E-state index is 0.432. The molecule has 0 aliphatic rings. The van der Waals surface area contributed by atoms with Gasteiger partial charge in [0.2, 0.25) is 0 Å². The van der Waals surface area contributed by atoms with Crippen LogP contribution in [0, 0.1) is 5.92 Å². The van der Waals surface area contributed by atoms with Crippen LogP contribution in [0.5, 0.6) is 0 Å². The number of rotatable bonds is 6. The monoisotopic (exact) mass is 336 g/mol. The average molecular weight is 337 g/mol. The fourth-order valence-corrected chi connectivity index (χ4v) is 2.61. The summed E-state index contributed by atoms with van der Waals surface area (Å²) in [4.78, 5) is 11.4. The van der Waals surface area contributed by atoms with Gasteiger partial charge in [0.05, 0.1) is 12.1 Å². The van der Waals surface area contributed by atoms with Crippen molar-refractivity contribution in [1.82, 2.24) is 9.78 Å². The molecule has 2 aromatic rings. The lowest BCUT2D eigenvalue weighted by atomic mass is 9.94. The van der Waals surface area contributed by atoms with Crippen molar-refractivity contribution in [2.24, 2.45) is 5.92 Å². The molecule has 106 valence electrons. The van der Waals surface area contributed by atoms with Crippen LogP contribution in [0.25, 0.3) is 0 Å². The highest BCUT2D eigenvalue weighted by atomic mass is 79.9. The van der Waals surface area contributed by atoms with Gasteiger partial charge in [0.15, 0.2) is 0 Å². The molecular weight excluding hydrogens is 320 g/mol. The zero-order chi connectivity index (χ0) is 14.5. The van der Waals surface area contributed by atoms with Crippen molar-refractivity contribution in [2.45, 2.75) is 26.3 Å². The number of aromatic nitrogens is 2. The number of halogens is 1. The van der Waals surface area contributed by atoms with E-state index in [1.165, 1.54) is 0 Å². The Hall–Kier alpha value is -1.62. The molecule has 2 rings (SSSR count). The van der Waals surface area contributed by atoms with Crippen LogP contribution in [-0.4, -0.2) is 20.9 Å². The van der Waals surface area contributed by atoms with Gasteiger partial charge in [-0.15, -0.1) is 0 Å². The summed E-state index contributed by atoms with van der Waals surface area (Å²) in [6, 6.07) is 7.78. The van der Waals surface area contributed by atoms with E-state index in [1.807, 2.05) is 42.1 Å². The third-order valence-electron chi connectivity index (χ3n) is 3.21. The van der Waals surface area contributed by atoms with Crippen molar-refractivity contribution >= 4 is 21.9 Å². The summed E-state index contributed by atoms with van der Waals surface area (Å²) < 4.78 is 2.78. The molecule has 0 spiro atoms. The summed E-state index contributed by atoms with van der Waals surface area (Å²) >= 11 is 3.41. The Kier molecular flexibility index (Phi) is 4.95. The number of aliphatic carboxylic acids is 1. The summed E-state index contributed by atoms with van der Waals surface area (Å²) in [5.74, 6) is -1.20. The van der Waals surface area contributed by atoms with Crippen LogP contribution in [0.1, 0.15) is 18.1 Å². The minimum atomic E-state index is -0.769. The standard InChI is InChI=1S/C15H17BrN2O2/c1-2-18-10-12(9-17-18)7-13(15(19)20)6-11-4-3-5-14(16)8-11/h3-5,8-10,13H,2,6-7H2,1H3,(H,19,20). The first-order valence-electron chi connectivity index (χ1n) is 6.57. The Morgan fingerprint density at radius 1 is 1.40 bits per heavy atom. The van der Waals surface area contributed by atoms with Crippen LogP contribution in [-0.2, 0) is 24.2 Å². The van der Waals surface area contributed by atoms with Gasteiger partial charge < -0.3 is 5.11 Å². The maximum Gasteiger partial charge on any atom is 0.307 e.